The highest BCUT2D eigenvalue weighted by Gasteiger charge is 2.40. The van der Waals surface area contributed by atoms with Crippen LogP contribution in [0.1, 0.15) is 52.9 Å². The first kappa shape index (κ1) is 18.0. The van der Waals surface area contributed by atoms with Crippen LogP contribution in [-0.4, -0.2) is 5.35 Å². The van der Waals surface area contributed by atoms with Crippen molar-refractivity contribution in [1.82, 2.24) is 0 Å². The summed E-state index contributed by atoms with van der Waals surface area (Å²) in [6.07, 6.45) is 11.6. The number of rotatable bonds is 3. The molecule has 4 atom stereocenters. The average molecular weight is 610 g/mol. The molecule has 0 aliphatic heterocycles. The van der Waals surface area contributed by atoms with E-state index in [0.717, 1.165) is 21.7 Å². The molecule has 114 valence electrons. The topological polar surface area (TPSA) is 0 Å². The highest BCUT2D eigenvalue weighted by Crippen LogP contribution is 2.51. The summed E-state index contributed by atoms with van der Waals surface area (Å²) in [5.41, 5.74) is 3.48. The number of hydrogen-bond donors (Lipinski definition) is 0. The number of allylic oxidation sites excluding steroid dienone is 4. The van der Waals surface area contributed by atoms with Crippen molar-refractivity contribution in [1.29, 1.82) is 0 Å². The second-order valence-corrected chi connectivity index (χ2v) is 14.2. The summed E-state index contributed by atoms with van der Waals surface area (Å²) in [4.78, 5) is 0. The van der Waals surface area contributed by atoms with Gasteiger partial charge in [0.15, 0.2) is 0 Å². The lowest BCUT2D eigenvalue weighted by Crippen LogP contribution is -2.36. The third-order valence-electron chi connectivity index (χ3n) is 5.02. The van der Waals surface area contributed by atoms with Gasteiger partial charge in [-0.05, 0) is 62.4 Å². The SMILES string of the molecule is CCC1=C(C(C)(I)I)CC([C@H]2C=CCCC2)C(I)[C@@H]1C. The second-order valence-electron chi connectivity index (χ2n) is 6.37. The maximum absolute atomic E-state index is 2.75. The van der Waals surface area contributed by atoms with E-state index in [2.05, 4.69) is 101 Å². The van der Waals surface area contributed by atoms with Crippen LogP contribution in [-0.2, 0) is 0 Å². The maximum Gasteiger partial charge on any atom is 0.0917 e. The zero-order chi connectivity index (χ0) is 14.9. The van der Waals surface area contributed by atoms with Gasteiger partial charge in [-0.25, -0.2) is 0 Å². The molecule has 0 radical (unpaired) electrons. The highest BCUT2D eigenvalue weighted by molar-refractivity contribution is 14.2. The summed E-state index contributed by atoms with van der Waals surface area (Å²) in [7, 11) is 0. The molecule has 0 fully saturated rings. The van der Waals surface area contributed by atoms with Crippen LogP contribution in [0.25, 0.3) is 0 Å². The van der Waals surface area contributed by atoms with Gasteiger partial charge in [0, 0.05) is 3.92 Å². The molecule has 0 saturated carbocycles. The lowest BCUT2D eigenvalue weighted by molar-refractivity contribution is 0.303. The number of hydrogen-bond acceptors (Lipinski definition) is 0. The van der Waals surface area contributed by atoms with Gasteiger partial charge in [0.1, 0.15) is 0 Å². The van der Waals surface area contributed by atoms with Gasteiger partial charge in [-0.3, -0.25) is 0 Å². The van der Waals surface area contributed by atoms with Crippen LogP contribution in [0.3, 0.4) is 0 Å². The van der Waals surface area contributed by atoms with E-state index in [9.17, 15) is 0 Å². The van der Waals surface area contributed by atoms with Crippen LogP contribution in [0.4, 0.5) is 0 Å². The van der Waals surface area contributed by atoms with Gasteiger partial charge in [-0.1, -0.05) is 99.3 Å². The van der Waals surface area contributed by atoms with E-state index < -0.39 is 0 Å². The Kier molecular flexibility index (Phi) is 6.75. The van der Waals surface area contributed by atoms with Gasteiger partial charge in [0.2, 0.25) is 0 Å². The molecular formula is C17H25I3. The van der Waals surface area contributed by atoms with Crippen molar-refractivity contribution in [2.45, 2.75) is 58.2 Å². The van der Waals surface area contributed by atoms with Crippen LogP contribution in [0.2, 0.25) is 0 Å². The fourth-order valence-electron chi connectivity index (χ4n) is 3.90. The largest absolute Gasteiger partial charge is 0.0917 e. The number of halogens is 3. The molecule has 0 bridgehead atoms. The standard InChI is InChI=1S/C17H25I3/c1-4-13-11(2)16(18)14(10-15(13)17(3,19)20)12-8-6-5-7-9-12/h6,8,11-12,14,16H,4-5,7,9-10H2,1-3H3/t11-,12+,14?,16?/m1/s1. The Balaban J connectivity index is 2.33. The van der Waals surface area contributed by atoms with Crippen LogP contribution >= 0.6 is 67.8 Å². The smallest absolute Gasteiger partial charge is 0.0882 e. The zero-order valence-electron chi connectivity index (χ0n) is 12.6. The van der Waals surface area contributed by atoms with E-state index in [1.54, 1.807) is 11.1 Å². The van der Waals surface area contributed by atoms with Crippen molar-refractivity contribution in [3.63, 3.8) is 0 Å². The molecule has 2 unspecified atom stereocenters. The van der Waals surface area contributed by atoms with Crippen LogP contribution in [0, 0.1) is 17.8 Å². The molecule has 0 aromatic heterocycles. The van der Waals surface area contributed by atoms with Gasteiger partial charge in [-0.2, -0.15) is 0 Å². The molecule has 3 heteroatoms. The quantitative estimate of drug-likeness (QED) is 0.182. The van der Waals surface area contributed by atoms with E-state index in [0.29, 0.717) is 0 Å². The van der Waals surface area contributed by atoms with E-state index in [-0.39, 0.29) is 1.43 Å². The van der Waals surface area contributed by atoms with Crippen molar-refractivity contribution in [3.8, 4) is 0 Å². The molecule has 0 aromatic carbocycles. The summed E-state index contributed by atoms with van der Waals surface area (Å²) < 4.78 is 1.08. The van der Waals surface area contributed by atoms with Crippen molar-refractivity contribution < 1.29 is 0 Å². The summed E-state index contributed by atoms with van der Waals surface area (Å²) in [6.45, 7) is 7.19. The molecule has 20 heavy (non-hydrogen) atoms. The average Bonchev–Trinajstić information content (AvgIpc) is 2.41. The summed E-state index contributed by atoms with van der Waals surface area (Å²) >= 11 is 8.03. The summed E-state index contributed by atoms with van der Waals surface area (Å²) in [5.74, 6) is 2.40. The highest BCUT2D eigenvalue weighted by atomic mass is 127. The minimum atomic E-state index is 0.280. The molecular weight excluding hydrogens is 585 g/mol. The molecule has 2 aliphatic carbocycles. The van der Waals surface area contributed by atoms with E-state index in [1.165, 1.54) is 32.1 Å². The minimum absolute atomic E-state index is 0.280. The van der Waals surface area contributed by atoms with Crippen molar-refractivity contribution >= 4 is 67.8 Å². The zero-order valence-corrected chi connectivity index (χ0v) is 19.1. The predicted molar refractivity (Wildman–Crippen MR) is 115 cm³/mol. The molecule has 0 saturated heterocycles. The Morgan fingerprint density at radius 3 is 2.55 bits per heavy atom. The number of alkyl halides is 3. The van der Waals surface area contributed by atoms with Gasteiger partial charge in [-0.15, -0.1) is 0 Å². The fraction of sp³-hybridized carbons (Fsp3) is 0.765. The van der Waals surface area contributed by atoms with E-state index in [1.807, 2.05) is 0 Å². The Morgan fingerprint density at radius 2 is 2.05 bits per heavy atom. The van der Waals surface area contributed by atoms with E-state index >= 15 is 0 Å². The Bertz CT molecular complexity index is 403. The Labute approximate surface area is 165 Å². The van der Waals surface area contributed by atoms with Gasteiger partial charge in [0.05, 0.1) is 1.43 Å². The van der Waals surface area contributed by atoms with Gasteiger partial charge >= 0.3 is 0 Å². The lowest BCUT2D eigenvalue weighted by atomic mass is 9.69. The summed E-state index contributed by atoms with van der Waals surface area (Å²) in [6, 6.07) is 0. The molecule has 2 rings (SSSR count). The summed E-state index contributed by atoms with van der Waals surface area (Å²) in [5, 5.41) is 0. The van der Waals surface area contributed by atoms with Crippen molar-refractivity contribution in [2.24, 2.45) is 17.8 Å². The van der Waals surface area contributed by atoms with Crippen LogP contribution < -0.4 is 0 Å². The first-order chi connectivity index (χ1) is 9.36. The van der Waals surface area contributed by atoms with Crippen molar-refractivity contribution in [2.75, 3.05) is 0 Å². The monoisotopic (exact) mass is 610 g/mol. The molecule has 0 heterocycles. The second kappa shape index (κ2) is 7.49. The third kappa shape index (κ3) is 3.95. The molecule has 0 spiro atoms. The minimum Gasteiger partial charge on any atom is -0.0882 e. The Morgan fingerprint density at radius 1 is 1.35 bits per heavy atom. The normalized spacial score (nSPS) is 35.5. The molecule has 0 aromatic rings. The van der Waals surface area contributed by atoms with Gasteiger partial charge in [0.25, 0.3) is 0 Å². The Hall–Kier alpha value is 1.67. The molecule has 0 N–H and O–H groups in total. The van der Waals surface area contributed by atoms with Crippen LogP contribution in [0.5, 0.6) is 0 Å². The predicted octanol–water partition coefficient (Wildman–Crippen LogP) is 7.10. The van der Waals surface area contributed by atoms with Gasteiger partial charge < -0.3 is 0 Å². The van der Waals surface area contributed by atoms with Crippen molar-refractivity contribution in [3.05, 3.63) is 23.3 Å². The third-order valence-corrected chi connectivity index (χ3v) is 8.32. The molecule has 2 aliphatic rings. The van der Waals surface area contributed by atoms with E-state index in [4.69, 9.17) is 0 Å². The fourth-order valence-corrected chi connectivity index (χ4v) is 6.25. The maximum atomic E-state index is 2.75. The first-order valence-electron chi connectivity index (χ1n) is 7.77. The van der Waals surface area contributed by atoms with Crippen LogP contribution in [0.15, 0.2) is 23.3 Å². The molecule has 0 amide bonds. The lowest BCUT2D eigenvalue weighted by Gasteiger charge is -2.43. The first-order valence-corrected chi connectivity index (χ1v) is 11.2. The molecule has 0 nitrogen and oxygen atoms in total.